The van der Waals surface area contributed by atoms with Crippen LogP contribution in [-0.2, 0) is 16.6 Å². The van der Waals surface area contributed by atoms with E-state index in [1.165, 1.54) is 18.2 Å². The molecule has 9 heteroatoms. The summed E-state index contributed by atoms with van der Waals surface area (Å²) in [5.74, 6) is -3.80. The fraction of sp³-hybridized carbons (Fsp3) is 0.133. The average molecular weight is 359 g/mol. The molecule has 128 valence electrons. The van der Waals surface area contributed by atoms with Crippen LogP contribution in [-0.4, -0.2) is 20.6 Å². The molecule has 0 radical (unpaired) electrons. The Morgan fingerprint density at radius 1 is 1.12 bits per heavy atom. The molecule has 0 unspecified atom stereocenters. The summed E-state index contributed by atoms with van der Waals surface area (Å²) in [4.78, 5) is 11.6. The van der Waals surface area contributed by atoms with Gasteiger partial charge in [0.25, 0.3) is 5.91 Å². The minimum atomic E-state index is -3.91. The maximum absolute atomic E-state index is 14.0. The van der Waals surface area contributed by atoms with Gasteiger partial charge in [0.15, 0.2) is 0 Å². The predicted octanol–water partition coefficient (Wildman–Crippen LogP) is 2.37. The molecule has 0 aliphatic carbocycles. The van der Waals surface area contributed by atoms with Gasteiger partial charge >= 0.3 is 0 Å². The van der Waals surface area contributed by atoms with Gasteiger partial charge in [0.1, 0.15) is 29.8 Å². The van der Waals surface area contributed by atoms with Crippen molar-refractivity contribution in [2.75, 3.05) is 6.26 Å². The Labute approximate surface area is 136 Å². The molecule has 0 atom stereocenters. The molecule has 24 heavy (non-hydrogen) atoms. The van der Waals surface area contributed by atoms with Crippen molar-refractivity contribution in [1.82, 2.24) is 4.72 Å². The zero-order chi connectivity index (χ0) is 17.9. The largest absolute Gasteiger partial charge is 0.489 e. The van der Waals surface area contributed by atoms with E-state index in [4.69, 9.17) is 4.74 Å². The zero-order valence-electron chi connectivity index (χ0n) is 12.3. The van der Waals surface area contributed by atoms with Crippen molar-refractivity contribution in [3.05, 3.63) is 65.0 Å². The van der Waals surface area contributed by atoms with Crippen LogP contribution in [0.25, 0.3) is 0 Å². The summed E-state index contributed by atoms with van der Waals surface area (Å²) in [6.45, 7) is -0.403. The van der Waals surface area contributed by atoms with Crippen molar-refractivity contribution in [2.45, 2.75) is 6.61 Å². The van der Waals surface area contributed by atoms with Crippen LogP contribution in [0.4, 0.5) is 13.2 Å². The van der Waals surface area contributed by atoms with Crippen molar-refractivity contribution >= 4 is 15.9 Å². The molecule has 0 heterocycles. The first-order valence-corrected chi connectivity index (χ1v) is 8.43. The molecule has 0 saturated carbocycles. The number of amides is 1. The van der Waals surface area contributed by atoms with Crippen LogP contribution in [0.15, 0.2) is 36.4 Å². The molecule has 0 fully saturated rings. The fourth-order valence-electron chi connectivity index (χ4n) is 1.81. The molecular formula is C15H12F3NO4S. The van der Waals surface area contributed by atoms with Gasteiger partial charge in [-0.2, -0.15) is 0 Å². The minimum absolute atomic E-state index is 0.119. The summed E-state index contributed by atoms with van der Waals surface area (Å²) in [6, 6.07) is 6.38. The molecule has 2 aromatic rings. The third kappa shape index (κ3) is 4.72. The van der Waals surface area contributed by atoms with Crippen molar-refractivity contribution in [2.24, 2.45) is 0 Å². The Balaban J connectivity index is 2.19. The van der Waals surface area contributed by atoms with Gasteiger partial charge in [-0.05, 0) is 24.3 Å². The number of ether oxygens (including phenoxy) is 1. The normalized spacial score (nSPS) is 11.2. The van der Waals surface area contributed by atoms with E-state index in [0.29, 0.717) is 18.4 Å². The second kappa shape index (κ2) is 6.91. The molecule has 1 amide bonds. The molecule has 2 aromatic carbocycles. The molecule has 0 saturated heterocycles. The Morgan fingerprint density at radius 2 is 1.83 bits per heavy atom. The molecule has 0 spiro atoms. The van der Waals surface area contributed by atoms with E-state index in [-0.39, 0.29) is 11.3 Å². The fourth-order valence-corrected chi connectivity index (χ4v) is 2.26. The van der Waals surface area contributed by atoms with Crippen LogP contribution in [0.3, 0.4) is 0 Å². The van der Waals surface area contributed by atoms with Crippen molar-refractivity contribution in [3.63, 3.8) is 0 Å². The van der Waals surface area contributed by atoms with E-state index < -0.39 is 45.6 Å². The molecule has 0 aliphatic heterocycles. The third-order valence-corrected chi connectivity index (χ3v) is 3.41. The van der Waals surface area contributed by atoms with Gasteiger partial charge < -0.3 is 4.74 Å². The van der Waals surface area contributed by atoms with Crippen LogP contribution in [0.1, 0.15) is 15.9 Å². The van der Waals surface area contributed by atoms with Gasteiger partial charge in [0.05, 0.1) is 11.8 Å². The quantitative estimate of drug-likeness (QED) is 0.890. The van der Waals surface area contributed by atoms with Gasteiger partial charge in [0.2, 0.25) is 10.0 Å². The van der Waals surface area contributed by atoms with E-state index in [9.17, 15) is 26.4 Å². The van der Waals surface area contributed by atoms with E-state index in [0.717, 1.165) is 6.07 Å². The van der Waals surface area contributed by atoms with E-state index in [1.807, 2.05) is 0 Å². The first-order valence-electron chi connectivity index (χ1n) is 6.54. The average Bonchev–Trinajstić information content (AvgIpc) is 2.46. The van der Waals surface area contributed by atoms with E-state index in [1.54, 1.807) is 4.72 Å². The van der Waals surface area contributed by atoms with E-state index >= 15 is 0 Å². The highest BCUT2D eigenvalue weighted by atomic mass is 32.2. The Hall–Kier alpha value is -2.55. The lowest BCUT2D eigenvalue weighted by molar-refractivity contribution is 0.0977. The number of benzene rings is 2. The minimum Gasteiger partial charge on any atom is -0.489 e. The SMILES string of the molecule is CS(=O)(=O)NC(=O)c1cc(F)c(COc2cccc(F)c2)cc1F. The molecule has 0 aliphatic rings. The highest BCUT2D eigenvalue weighted by Crippen LogP contribution is 2.19. The topological polar surface area (TPSA) is 72.5 Å². The summed E-state index contributed by atoms with van der Waals surface area (Å²) in [6.07, 6.45) is 0.709. The highest BCUT2D eigenvalue weighted by Gasteiger charge is 2.19. The van der Waals surface area contributed by atoms with Gasteiger partial charge in [-0.3, -0.25) is 4.79 Å². The van der Waals surface area contributed by atoms with Gasteiger partial charge in [-0.1, -0.05) is 6.07 Å². The number of rotatable bonds is 5. The lowest BCUT2D eigenvalue weighted by atomic mass is 10.1. The summed E-state index contributed by atoms with van der Waals surface area (Å²) >= 11 is 0. The predicted molar refractivity (Wildman–Crippen MR) is 79.4 cm³/mol. The standard InChI is InChI=1S/C15H12F3NO4S/c1-24(21,22)19-15(20)12-7-13(17)9(5-14(12)18)8-23-11-4-2-3-10(16)6-11/h2-7H,8H2,1H3,(H,19,20). The smallest absolute Gasteiger partial charge is 0.267 e. The number of nitrogens with one attached hydrogen (secondary N) is 1. The summed E-state index contributed by atoms with van der Waals surface area (Å²) in [5, 5.41) is 0. The summed E-state index contributed by atoms with van der Waals surface area (Å²) in [5.41, 5.74) is -0.972. The van der Waals surface area contributed by atoms with Crippen LogP contribution in [0, 0.1) is 17.5 Å². The van der Waals surface area contributed by atoms with Crippen LogP contribution < -0.4 is 9.46 Å². The maximum atomic E-state index is 14.0. The number of halogens is 3. The lowest BCUT2D eigenvalue weighted by Gasteiger charge is -2.10. The zero-order valence-corrected chi connectivity index (χ0v) is 13.2. The monoisotopic (exact) mass is 359 g/mol. The van der Waals surface area contributed by atoms with E-state index in [2.05, 4.69) is 0 Å². The van der Waals surface area contributed by atoms with Crippen LogP contribution >= 0.6 is 0 Å². The molecular weight excluding hydrogens is 347 g/mol. The first-order chi connectivity index (χ1) is 11.2. The van der Waals surface area contributed by atoms with Crippen molar-refractivity contribution in [3.8, 4) is 5.75 Å². The van der Waals surface area contributed by atoms with Crippen molar-refractivity contribution < 1.29 is 31.1 Å². The third-order valence-electron chi connectivity index (χ3n) is 2.85. The number of sulfonamides is 1. The van der Waals surface area contributed by atoms with Gasteiger partial charge in [-0.15, -0.1) is 0 Å². The Kier molecular flexibility index (Phi) is 5.13. The Bertz CT molecular complexity index is 884. The van der Waals surface area contributed by atoms with Crippen molar-refractivity contribution in [1.29, 1.82) is 0 Å². The molecule has 2 rings (SSSR count). The second-order valence-corrected chi connectivity index (χ2v) is 6.62. The number of carbonyl (C=O) groups excluding carboxylic acids is 1. The lowest BCUT2D eigenvalue weighted by Crippen LogP contribution is -2.30. The second-order valence-electron chi connectivity index (χ2n) is 4.87. The molecule has 1 N–H and O–H groups in total. The first kappa shape index (κ1) is 17.8. The number of hydrogen-bond donors (Lipinski definition) is 1. The summed E-state index contributed by atoms with van der Waals surface area (Å²) in [7, 11) is -3.91. The van der Waals surface area contributed by atoms with Gasteiger partial charge in [-0.25, -0.2) is 26.3 Å². The molecule has 0 bridgehead atoms. The maximum Gasteiger partial charge on any atom is 0.267 e. The van der Waals surface area contributed by atoms with Crippen LogP contribution in [0.2, 0.25) is 0 Å². The Morgan fingerprint density at radius 3 is 2.46 bits per heavy atom. The molecule has 0 aromatic heterocycles. The summed E-state index contributed by atoms with van der Waals surface area (Å²) < 4.78 is 69.5. The van der Waals surface area contributed by atoms with Crippen LogP contribution in [0.5, 0.6) is 5.75 Å². The highest BCUT2D eigenvalue weighted by molar-refractivity contribution is 7.89. The molecule has 5 nitrogen and oxygen atoms in total. The van der Waals surface area contributed by atoms with Gasteiger partial charge in [0, 0.05) is 11.6 Å². The number of carbonyl (C=O) groups is 1. The number of hydrogen-bond acceptors (Lipinski definition) is 4.